The molecule has 2 aromatic carbocycles. The molecule has 0 aromatic heterocycles. The smallest absolute Gasteiger partial charge is 0.335 e. The molecule has 0 amide bonds. The third-order valence-corrected chi connectivity index (χ3v) is 5.30. The maximum absolute atomic E-state index is 11.6. The summed E-state index contributed by atoms with van der Waals surface area (Å²) < 4.78 is 5.14. The summed E-state index contributed by atoms with van der Waals surface area (Å²) in [7, 11) is 1.62. The first-order chi connectivity index (χ1) is 14.0. The number of non-ortho nitro benzene ring substituents is 1. The average molecular weight is 413 g/mol. The van der Waals surface area contributed by atoms with E-state index in [2.05, 4.69) is 10.3 Å². The number of aliphatic imine (C=N–C) groups is 1. The lowest BCUT2D eigenvalue weighted by atomic mass is 9.98. The third-order valence-electron chi connectivity index (χ3n) is 4.28. The number of methoxy groups -OCH3 is 1. The average Bonchev–Trinajstić information content (AvgIpc) is 2.74. The Morgan fingerprint density at radius 1 is 1.28 bits per heavy atom. The number of carboxylic acids is 1. The van der Waals surface area contributed by atoms with E-state index in [1.54, 1.807) is 24.9 Å². The first-order valence-corrected chi connectivity index (χ1v) is 9.85. The summed E-state index contributed by atoms with van der Waals surface area (Å²) >= 11 is 1.62. The van der Waals surface area contributed by atoms with Gasteiger partial charge in [-0.1, -0.05) is 24.3 Å². The Balaban J connectivity index is 1.72. The molecular formula is C20H19N3O5S. The highest BCUT2D eigenvalue weighted by molar-refractivity contribution is 7.99. The van der Waals surface area contributed by atoms with Gasteiger partial charge in [-0.2, -0.15) is 0 Å². The third kappa shape index (κ3) is 5.14. The molecule has 8 nitrogen and oxygen atoms in total. The first kappa shape index (κ1) is 20.4. The largest absolute Gasteiger partial charge is 0.497 e. The van der Waals surface area contributed by atoms with Crippen molar-refractivity contribution in [2.75, 3.05) is 12.9 Å². The van der Waals surface area contributed by atoms with E-state index in [0.717, 1.165) is 17.1 Å². The number of nitro benzene ring substituents is 1. The van der Waals surface area contributed by atoms with Crippen LogP contribution in [0.5, 0.6) is 5.75 Å². The Bertz CT molecular complexity index is 972. The van der Waals surface area contributed by atoms with E-state index in [1.807, 2.05) is 24.3 Å². The van der Waals surface area contributed by atoms with E-state index in [0.29, 0.717) is 17.2 Å². The van der Waals surface area contributed by atoms with Crippen LogP contribution in [0.4, 0.5) is 5.69 Å². The van der Waals surface area contributed by atoms with Crippen LogP contribution in [0.15, 0.2) is 65.3 Å². The number of hydrogen-bond donors (Lipinski definition) is 2. The highest BCUT2D eigenvalue weighted by atomic mass is 32.2. The van der Waals surface area contributed by atoms with E-state index < -0.39 is 16.9 Å². The van der Waals surface area contributed by atoms with Gasteiger partial charge in [0.25, 0.3) is 5.69 Å². The molecule has 0 aliphatic carbocycles. The Hall–Kier alpha value is -3.33. The zero-order chi connectivity index (χ0) is 20.8. The quantitative estimate of drug-likeness (QED) is 0.502. The van der Waals surface area contributed by atoms with Crippen molar-refractivity contribution in [1.82, 2.24) is 5.32 Å². The molecule has 9 heteroatoms. The summed E-state index contributed by atoms with van der Waals surface area (Å²) in [5.74, 6) is 1.58. The maximum Gasteiger partial charge on any atom is 0.335 e. The number of amidine groups is 1. The van der Waals surface area contributed by atoms with Crippen LogP contribution in [-0.2, 0) is 10.5 Å². The summed E-state index contributed by atoms with van der Waals surface area (Å²) in [5, 5.41) is 23.4. The van der Waals surface area contributed by atoms with Crippen molar-refractivity contribution in [2.45, 2.75) is 11.8 Å². The van der Waals surface area contributed by atoms with Crippen molar-refractivity contribution in [3.63, 3.8) is 0 Å². The van der Waals surface area contributed by atoms with Crippen LogP contribution in [-0.4, -0.2) is 34.7 Å². The molecule has 29 heavy (non-hydrogen) atoms. The van der Waals surface area contributed by atoms with Gasteiger partial charge in [-0.3, -0.25) is 15.1 Å². The topological polar surface area (TPSA) is 114 Å². The second-order valence-corrected chi connectivity index (χ2v) is 7.21. The number of ether oxygens (including phenoxy) is 1. The number of nitrogens with zero attached hydrogens (tertiary/aromatic N) is 2. The zero-order valence-electron chi connectivity index (χ0n) is 15.6. The van der Waals surface area contributed by atoms with Gasteiger partial charge in [0.15, 0.2) is 0 Å². The van der Waals surface area contributed by atoms with Gasteiger partial charge in [0.2, 0.25) is 0 Å². The summed E-state index contributed by atoms with van der Waals surface area (Å²) in [4.78, 5) is 26.6. The van der Waals surface area contributed by atoms with Crippen molar-refractivity contribution in [1.29, 1.82) is 0 Å². The van der Waals surface area contributed by atoms with Crippen LogP contribution >= 0.6 is 11.8 Å². The standard InChI is InChI=1S/C20H19N3O5S/c1-28-16-7-5-13(6-8-16)11-29-12-18-21-10-17(20(24)25)19(22-18)14-3-2-4-15(9-14)23(26)27/h2-10,19H,11-12H2,1H3,(H,21,22)(H,24,25). The number of hydrogen-bond acceptors (Lipinski definition) is 7. The molecule has 1 atom stereocenters. The Labute approximate surface area is 171 Å². The molecule has 1 heterocycles. The first-order valence-electron chi connectivity index (χ1n) is 8.69. The minimum absolute atomic E-state index is 0.0365. The van der Waals surface area contributed by atoms with Gasteiger partial charge >= 0.3 is 5.97 Å². The summed E-state index contributed by atoms with van der Waals surface area (Å²) in [6, 6.07) is 12.9. The summed E-state index contributed by atoms with van der Waals surface area (Å²) in [6.07, 6.45) is 1.40. The monoisotopic (exact) mass is 413 g/mol. The lowest BCUT2D eigenvalue weighted by molar-refractivity contribution is -0.384. The van der Waals surface area contributed by atoms with Crippen molar-refractivity contribution >= 4 is 29.3 Å². The molecule has 0 radical (unpaired) electrons. The second kappa shape index (κ2) is 9.24. The van der Waals surface area contributed by atoms with Crippen LogP contribution < -0.4 is 10.1 Å². The maximum atomic E-state index is 11.6. The van der Waals surface area contributed by atoms with Crippen molar-refractivity contribution in [3.8, 4) is 5.75 Å². The number of carboxylic acid groups (broad SMARTS) is 1. The second-order valence-electron chi connectivity index (χ2n) is 6.22. The van der Waals surface area contributed by atoms with Gasteiger partial charge in [0.05, 0.1) is 23.4 Å². The van der Waals surface area contributed by atoms with Gasteiger partial charge in [-0.05, 0) is 23.3 Å². The summed E-state index contributed by atoms with van der Waals surface area (Å²) in [6.45, 7) is 0. The molecule has 1 unspecified atom stereocenters. The minimum Gasteiger partial charge on any atom is -0.497 e. The summed E-state index contributed by atoms with van der Waals surface area (Å²) in [5.41, 5.74) is 1.53. The number of thioether (sulfide) groups is 1. The van der Waals surface area contributed by atoms with Gasteiger partial charge in [0.1, 0.15) is 17.6 Å². The van der Waals surface area contributed by atoms with Crippen LogP contribution in [0.2, 0.25) is 0 Å². The number of aliphatic carboxylic acids is 1. The molecule has 2 aromatic rings. The highest BCUT2D eigenvalue weighted by Crippen LogP contribution is 2.30. The molecule has 1 aliphatic rings. The molecule has 0 bridgehead atoms. The van der Waals surface area contributed by atoms with E-state index in [9.17, 15) is 20.0 Å². The Kier molecular flexibility index (Phi) is 6.50. The lowest BCUT2D eigenvalue weighted by Crippen LogP contribution is -2.29. The molecule has 2 N–H and O–H groups in total. The Morgan fingerprint density at radius 2 is 2.03 bits per heavy atom. The van der Waals surface area contributed by atoms with Gasteiger partial charge in [-0.15, -0.1) is 11.8 Å². The molecule has 0 fully saturated rings. The van der Waals surface area contributed by atoms with Crippen LogP contribution in [0.1, 0.15) is 17.2 Å². The van der Waals surface area contributed by atoms with E-state index in [-0.39, 0.29) is 11.3 Å². The molecule has 0 saturated carbocycles. The predicted molar refractivity (Wildman–Crippen MR) is 111 cm³/mol. The van der Waals surface area contributed by atoms with Crippen molar-refractivity contribution in [2.24, 2.45) is 4.99 Å². The number of carbonyl (C=O) groups is 1. The molecule has 3 rings (SSSR count). The lowest BCUT2D eigenvalue weighted by Gasteiger charge is -2.21. The SMILES string of the molecule is COc1ccc(CSCC2=NC(c3cccc([N+](=O)[O-])c3)C(C(=O)O)=CN2)cc1. The molecule has 0 saturated heterocycles. The highest BCUT2D eigenvalue weighted by Gasteiger charge is 2.26. The molecular weight excluding hydrogens is 394 g/mol. The van der Waals surface area contributed by atoms with E-state index >= 15 is 0 Å². The molecule has 0 spiro atoms. The van der Waals surface area contributed by atoms with Crippen LogP contribution in [0.3, 0.4) is 0 Å². The number of nitro groups is 1. The predicted octanol–water partition coefficient (Wildman–Crippen LogP) is 3.55. The Morgan fingerprint density at radius 3 is 2.69 bits per heavy atom. The fourth-order valence-corrected chi connectivity index (χ4v) is 3.69. The molecule has 1 aliphatic heterocycles. The fourth-order valence-electron chi connectivity index (χ4n) is 2.81. The fraction of sp³-hybridized carbons (Fsp3) is 0.200. The zero-order valence-corrected chi connectivity index (χ0v) is 16.4. The number of nitrogens with one attached hydrogen (secondary N) is 1. The minimum atomic E-state index is -1.12. The van der Waals surface area contributed by atoms with Gasteiger partial charge < -0.3 is 15.2 Å². The van der Waals surface area contributed by atoms with Gasteiger partial charge in [-0.25, -0.2) is 4.79 Å². The van der Waals surface area contributed by atoms with Gasteiger partial charge in [0, 0.05) is 24.1 Å². The number of rotatable bonds is 8. The van der Waals surface area contributed by atoms with Crippen molar-refractivity contribution < 1.29 is 19.6 Å². The van der Waals surface area contributed by atoms with E-state index in [4.69, 9.17) is 4.74 Å². The van der Waals surface area contributed by atoms with Crippen LogP contribution in [0.25, 0.3) is 0 Å². The van der Waals surface area contributed by atoms with Crippen LogP contribution in [0, 0.1) is 10.1 Å². The normalized spacial score (nSPS) is 15.7. The van der Waals surface area contributed by atoms with E-state index in [1.165, 1.54) is 24.4 Å². The van der Waals surface area contributed by atoms with Crippen molar-refractivity contribution in [3.05, 3.63) is 81.5 Å². The molecule has 150 valence electrons. The number of benzene rings is 2.